The van der Waals surface area contributed by atoms with Gasteiger partial charge >= 0.3 is 0 Å². The summed E-state index contributed by atoms with van der Waals surface area (Å²) in [5.41, 5.74) is 1.70. The Morgan fingerprint density at radius 3 is 2.55 bits per heavy atom. The number of rotatable bonds is 5. The third kappa shape index (κ3) is 4.95. The molecule has 2 saturated heterocycles. The Labute approximate surface area is 186 Å². The third-order valence-electron chi connectivity index (χ3n) is 5.72. The van der Waals surface area contributed by atoms with Crippen LogP contribution in [0.2, 0.25) is 5.02 Å². The number of amides is 1. The van der Waals surface area contributed by atoms with Crippen molar-refractivity contribution in [2.24, 2.45) is 0 Å². The Morgan fingerprint density at radius 2 is 1.90 bits per heavy atom. The van der Waals surface area contributed by atoms with Gasteiger partial charge in [0.25, 0.3) is 0 Å². The van der Waals surface area contributed by atoms with Gasteiger partial charge < -0.3 is 24.0 Å². The lowest BCUT2D eigenvalue weighted by Gasteiger charge is -2.35. The molecule has 8 heteroatoms. The second-order valence-electron chi connectivity index (χ2n) is 7.92. The van der Waals surface area contributed by atoms with Gasteiger partial charge in [0.1, 0.15) is 24.3 Å². The van der Waals surface area contributed by atoms with E-state index in [4.69, 9.17) is 25.8 Å². The summed E-state index contributed by atoms with van der Waals surface area (Å²) in [6, 6.07) is 12.1. The van der Waals surface area contributed by atoms with Crippen LogP contribution in [-0.4, -0.2) is 56.3 Å². The molecule has 0 N–H and O–H groups in total. The molecule has 2 aliphatic rings. The summed E-state index contributed by atoms with van der Waals surface area (Å²) < 4.78 is 31.1. The van der Waals surface area contributed by atoms with Gasteiger partial charge in [-0.2, -0.15) is 0 Å². The molecule has 2 aromatic carbocycles. The molecule has 0 aliphatic carbocycles. The highest BCUT2D eigenvalue weighted by Crippen LogP contribution is 2.38. The Hall–Kier alpha value is -2.35. The predicted octanol–water partition coefficient (Wildman–Crippen LogP) is 3.81. The van der Waals surface area contributed by atoms with E-state index in [0.29, 0.717) is 18.8 Å². The zero-order chi connectivity index (χ0) is 22.0. The molecule has 0 spiro atoms. The first-order valence-electron chi connectivity index (χ1n) is 10.3. The number of benzene rings is 2. The Bertz CT molecular complexity index is 934. The number of ether oxygens (including phenoxy) is 3. The lowest BCUT2D eigenvalue weighted by atomic mass is 10.1. The monoisotopic (exact) mass is 448 g/mol. The number of carbonyl (C=O) groups is 1. The lowest BCUT2D eigenvalue weighted by Crippen LogP contribution is -2.48. The van der Waals surface area contributed by atoms with Gasteiger partial charge in [0.15, 0.2) is 5.79 Å². The fourth-order valence-electron chi connectivity index (χ4n) is 3.94. The fourth-order valence-corrected chi connectivity index (χ4v) is 4.28. The molecule has 2 aliphatic heterocycles. The van der Waals surface area contributed by atoms with Gasteiger partial charge in [0.2, 0.25) is 5.91 Å². The summed E-state index contributed by atoms with van der Waals surface area (Å²) in [5, 5.41) is 0.267. The standard InChI is InChI=1S/C23H26ClFN2O4/c1-16(28)26-9-11-27(12-10-26)18-4-6-19(7-5-18)29-14-20-15-30-23(2,31-20)21-8-3-17(25)13-22(21)24/h3-8,13,20H,9-12,14-15H2,1-2H3. The largest absolute Gasteiger partial charge is 0.491 e. The highest BCUT2D eigenvalue weighted by molar-refractivity contribution is 6.31. The highest BCUT2D eigenvalue weighted by Gasteiger charge is 2.40. The zero-order valence-corrected chi connectivity index (χ0v) is 18.4. The fraction of sp³-hybridized carbons (Fsp3) is 0.435. The summed E-state index contributed by atoms with van der Waals surface area (Å²) in [5.74, 6) is -0.577. The minimum Gasteiger partial charge on any atom is -0.491 e. The van der Waals surface area contributed by atoms with Crippen LogP contribution >= 0.6 is 11.6 Å². The van der Waals surface area contributed by atoms with Crippen molar-refractivity contribution in [2.45, 2.75) is 25.7 Å². The van der Waals surface area contributed by atoms with E-state index >= 15 is 0 Å². The molecule has 1 amide bonds. The van der Waals surface area contributed by atoms with Crippen molar-refractivity contribution in [1.82, 2.24) is 4.90 Å². The molecule has 2 atom stereocenters. The first kappa shape index (κ1) is 21.9. The minimum absolute atomic E-state index is 0.124. The van der Waals surface area contributed by atoms with Gasteiger partial charge in [0, 0.05) is 44.4 Å². The van der Waals surface area contributed by atoms with Crippen molar-refractivity contribution in [2.75, 3.05) is 44.3 Å². The van der Waals surface area contributed by atoms with Crippen molar-refractivity contribution < 1.29 is 23.4 Å². The van der Waals surface area contributed by atoms with Crippen LogP contribution < -0.4 is 9.64 Å². The molecule has 31 heavy (non-hydrogen) atoms. The number of piperazine rings is 1. The average molecular weight is 449 g/mol. The molecule has 0 aromatic heterocycles. The second kappa shape index (κ2) is 9.02. The van der Waals surface area contributed by atoms with E-state index in [9.17, 15) is 9.18 Å². The summed E-state index contributed by atoms with van der Waals surface area (Å²) in [7, 11) is 0. The molecule has 4 rings (SSSR count). The van der Waals surface area contributed by atoms with E-state index < -0.39 is 11.6 Å². The van der Waals surface area contributed by atoms with Gasteiger partial charge in [-0.05, 0) is 49.4 Å². The topological polar surface area (TPSA) is 51.2 Å². The van der Waals surface area contributed by atoms with E-state index in [1.54, 1.807) is 19.9 Å². The summed E-state index contributed by atoms with van der Waals surface area (Å²) in [6.07, 6.45) is -0.273. The van der Waals surface area contributed by atoms with Crippen LogP contribution in [0, 0.1) is 5.82 Å². The predicted molar refractivity (Wildman–Crippen MR) is 116 cm³/mol. The van der Waals surface area contributed by atoms with E-state index in [1.165, 1.54) is 12.1 Å². The second-order valence-corrected chi connectivity index (χ2v) is 8.33. The average Bonchev–Trinajstić information content (AvgIpc) is 3.14. The third-order valence-corrected chi connectivity index (χ3v) is 6.03. The molecule has 2 aromatic rings. The van der Waals surface area contributed by atoms with Crippen LogP contribution in [0.4, 0.5) is 10.1 Å². The van der Waals surface area contributed by atoms with Crippen molar-refractivity contribution in [3.63, 3.8) is 0 Å². The van der Waals surface area contributed by atoms with E-state index in [-0.39, 0.29) is 17.0 Å². The lowest BCUT2D eigenvalue weighted by molar-refractivity contribution is -0.164. The quantitative estimate of drug-likeness (QED) is 0.696. The molecular formula is C23H26ClFN2O4. The first-order valence-corrected chi connectivity index (χ1v) is 10.7. The van der Waals surface area contributed by atoms with Gasteiger partial charge in [-0.15, -0.1) is 0 Å². The number of nitrogens with zero attached hydrogens (tertiary/aromatic N) is 2. The molecule has 166 valence electrons. The van der Waals surface area contributed by atoms with Gasteiger partial charge in [-0.3, -0.25) is 4.79 Å². The molecular weight excluding hydrogens is 423 g/mol. The highest BCUT2D eigenvalue weighted by atomic mass is 35.5. The maximum atomic E-state index is 13.3. The number of anilines is 1. The smallest absolute Gasteiger partial charge is 0.219 e. The van der Waals surface area contributed by atoms with Crippen LogP contribution in [0.25, 0.3) is 0 Å². The number of hydrogen-bond donors (Lipinski definition) is 0. The molecule has 2 unspecified atom stereocenters. The SMILES string of the molecule is CC(=O)N1CCN(c2ccc(OCC3COC(C)(c4ccc(F)cc4Cl)O3)cc2)CC1. The normalized spacial score (nSPS) is 23.8. The van der Waals surface area contributed by atoms with Crippen LogP contribution in [0.1, 0.15) is 19.4 Å². The molecule has 6 nitrogen and oxygen atoms in total. The van der Waals surface area contributed by atoms with Gasteiger partial charge in [-0.1, -0.05) is 11.6 Å². The molecule has 2 fully saturated rings. The minimum atomic E-state index is -1.04. The Kier molecular flexibility index (Phi) is 6.36. The summed E-state index contributed by atoms with van der Waals surface area (Å²) in [6.45, 7) is 7.17. The molecule has 0 radical (unpaired) electrons. The zero-order valence-electron chi connectivity index (χ0n) is 17.6. The van der Waals surface area contributed by atoms with Crippen molar-refractivity contribution in [3.8, 4) is 5.75 Å². The Balaban J connectivity index is 1.30. The van der Waals surface area contributed by atoms with E-state index in [0.717, 1.165) is 37.6 Å². The molecule has 0 bridgehead atoms. The van der Waals surface area contributed by atoms with Gasteiger partial charge in [0.05, 0.1) is 11.6 Å². The number of halogens is 2. The maximum absolute atomic E-state index is 13.3. The summed E-state index contributed by atoms with van der Waals surface area (Å²) in [4.78, 5) is 15.6. The van der Waals surface area contributed by atoms with E-state index in [2.05, 4.69) is 4.90 Å². The van der Waals surface area contributed by atoms with Crippen LogP contribution in [0.3, 0.4) is 0 Å². The molecule has 2 heterocycles. The van der Waals surface area contributed by atoms with Crippen molar-refractivity contribution in [1.29, 1.82) is 0 Å². The van der Waals surface area contributed by atoms with Crippen LogP contribution in [-0.2, 0) is 20.1 Å². The number of carbonyl (C=O) groups excluding carboxylic acids is 1. The van der Waals surface area contributed by atoms with Crippen LogP contribution in [0.5, 0.6) is 5.75 Å². The van der Waals surface area contributed by atoms with Crippen molar-refractivity contribution >= 4 is 23.2 Å². The van der Waals surface area contributed by atoms with Gasteiger partial charge in [-0.25, -0.2) is 4.39 Å². The first-order chi connectivity index (χ1) is 14.8. The van der Waals surface area contributed by atoms with E-state index in [1.807, 2.05) is 29.2 Å². The van der Waals surface area contributed by atoms with Crippen molar-refractivity contribution in [3.05, 3.63) is 58.9 Å². The maximum Gasteiger partial charge on any atom is 0.219 e. The molecule has 0 saturated carbocycles. The number of hydrogen-bond acceptors (Lipinski definition) is 5. The summed E-state index contributed by atoms with van der Waals surface area (Å²) >= 11 is 6.17. The Morgan fingerprint density at radius 1 is 1.19 bits per heavy atom. The van der Waals surface area contributed by atoms with Crippen LogP contribution in [0.15, 0.2) is 42.5 Å².